The van der Waals surface area contributed by atoms with Crippen LogP contribution in [-0.2, 0) is 13.7 Å². The number of nitrogens with one attached hydrogen (secondary N) is 1. The summed E-state index contributed by atoms with van der Waals surface area (Å²) >= 11 is 5.97. The van der Waals surface area contributed by atoms with Crippen molar-refractivity contribution in [2.45, 2.75) is 20.5 Å². The molecular formula is C16H15ClN4O4. The molecular weight excluding hydrogens is 348 g/mol. The quantitative estimate of drug-likeness (QED) is 0.761. The smallest absolute Gasteiger partial charge is 0.328 e. The molecule has 2 heterocycles. The molecule has 0 fully saturated rings. The van der Waals surface area contributed by atoms with Gasteiger partial charge in [0.15, 0.2) is 6.61 Å². The van der Waals surface area contributed by atoms with Crippen LogP contribution in [0, 0.1) is 13.8 Å². The van der Waals surface area contributed by atoms with E-state index >= 15 is 0 Å². The van der Waals surface area contributed by atoms with E-state index in [0.29, 0.717) is 16.5 Å². The predicted octanol–water partition coefficient (Wildman–Crippen LogP) is 1.97. The van der Waals surface area contributed by atoms with Gasteiger partial charge in [0, 0.05) is 17.8 Å². The highest BCUT2D eigenvalue weighted by molar-refractivity contribution is 6.31. The zero-order valence-electron chi connectivity index (χ0n) is 13.8. The molecule has 0 aliphatic heterocycles. The van der Waals surface area contributed by atoms with Crippen LogP contribution in [-0.4, -0.2) is 19.7 Å². The van der Waals surface area contributed by atoms with Gasteiger partial charge in [-0.05, 0) is 37.6 Å². The van der Waals surface area contributed by atoms with Crippen LogP contribution in [0.5, 0.6) is 5.75 Å². The molecule has 3 rings (SSSR count). The van der Waals surface area contributed by atoms with Crippen LogP contribution < -0.4 is 16.0 Å². The van der Waals surface area contributed by atoms with Gasteiger partial charge in [0.2, 0.25) is 5.82 Å². The Bertz CT molecular complexity index is 1050. The van der Waals surface area contributed by atoms with E-state index in [2.05, 4.69) is 15.1 Å². The van der Waals surface area contributed by atoms with Crippen LogP contribution in [0.2, 0.25) is 5.02 Å². The van der Waals surface area contributed by atoms with Gasteiger partial charge in [-0.25, -0.2) is 4.79 Å². The van der Waals surface area contributed by atoms with Crippen molar-refractivity contribution in [2.75, 3.05) is 0 Å². The molecule has 0 aliphatic carbocycles. The first-order chi connectivity index (χ1) is 11.9. The topological polar surface area (TPSA) is 103 Å². The molecule has 0 aliphatic rings. The number of aromatic nitrogens is 4. The van der Waals surface area contributed by atoms with Gasteiger partial charge in [-0.2, -0.15) is 4.98 Å². The van der Waals surface area contributed by atoms with Crippen molar-refractivity contribution in [3.05, 3.63) is 61.2 Å². The Morgan fingerprint density at radius 1 is 1.32 bits per heavy atom. The van der Waals surface area contributed by atoms with Crippen molar-refractivity contribution in [1.29, 1.82) is 0 Å². The number of hydrogen-bond donors (Lipinski definition) is 1. The third kappa shape index (κ3) is 3.34. The summed E-state index contributed by atoms with van der Waals surface area (Å²) in [6.45, 7) is 3.54. The molecule has 0 atom stereocenters. The van der Waals surface area contributed by atoms with Crippen molar-refractivity contribution in [3.63, 3.8) is 0 Å². The van der Waals surface area contributed by atoms with Gasteiger partial charge < -0.3 is 13.8 Å². The van der Waals surface area contributed by atoms with Gasteiger partial charge in [0.05, 0.1) is 0 Å². The predicted molar refractivity (Wildman–Crippen MR) is 90.9 cm³/mol. The van der Waals surface area contributed by atoms with E-state index < -0.39 is 11.2 Å². The van der Waals surface area contributed by atoms with E-state index in [1.165, 1.54) is 4.57 Å². The molecule has 1 N–H and O–H groups in total. The van der Waals surface area contributed by atoms with Crippen molar-refractivity contribution in [2.24, 2.45) is 7.05 Å². The Morgan fingerprint density at radius 3 is 2.80 bits per heavy atom. The monoisotopic (exact) mass is 362 g/mol. The van der Waals surface area contributed by atoms with Crippen LogP contribution in [0.4, 0.5) is 0 Å². The van der Waals surface area contributed by atoms with Crippen molar-refractivity contribution in [1.82, 2.24) is 19.7 Å². The molecule has 2 aromatic heterocycles. The minimum atomic E-state index is -0.567. The largest absolute Gasteiger partial charge is 0.484 e. The van der Waals surface area contributed by atoms with E-state index in [9.17, 15) is 9.59 Å². The van der Waals surface area contributed by atoms with E-state index in [-0.39, 0.29) is 23.9 Å². The lowest BCUT2D eigenvalue weighted by Crippen LogP contribution is -2.31. The second kappa shape index (κ2) is 6.56. The second-order valence-electron chi connectivity index (χ2n) is 5.49. The molecule has 0 unspecified atom stereocenters. The summed E-state index contributed by atoms with van der Waals surface area (Å²) in [6, 6.07) is 5.26. The third-order valence-electron chi connectivity index (χ3n) is 3.80. The molecule has 8 nitrogen and oxygen atoms in total. The zero-order valence-corrected chi connectivity index (χ0v) is 14.5. The maximum absolute atomic E-state index is 12.0. The summed E-state index contributed by atoms with van der Waals surface area (Å²) in [6.07, 6.45) is 0. The van der Waals surface area contributed by atoms with E-state index in [4.69, 9.17) is 20.9 Å². The third-order valence-corrected chi connectivity index (χ3v) is 4.22. The number of aromatic amines is 1. The first kappa shape index (κ1) is 17.0. The minimum absolute atomic E-state index is 0.0385. The number of nitrogens with zero attached hydrogens (tertiary/aromatic N) is 3. The van der Waals surface area contributed by atoms with Gasteiger partial charge in [-0.1, -0.05) is 16.8 Å². The Hall–Kier alpha value is -2.87. The van der Waals surface area contributed by atoms with Gasteiger partial charge in [0.25, 0.3) is 11.4 Å². The highest BCUT2D eigenvalue weighted by Gasteiger charge is 2.17. The van der Waals surface area contributed by atoms with E-state index in [0.717, 1.165) is 5.56 Å². The first-order valence-electron chi connectivity index (χ1n) is 7.38. The summed E-state index contributed by atoms with van der Waals surface area (Å²) < 4.78 is 12.0. The van der Waals surface area contributed by atoms with Crippen LogP contribution in [0.3, 0.4) is 0 Å². The van der Waals surface area contributed by atoms with E-state index in [1.54, 1.807) is 32.2 Å². The number of H-pyrrole nitrogens is 1. The second-order valence-corrected chi connectivity index (χ2v) is 5.90. The lowest BCUT2D eigenvalue weighted by Gasteiger charge is -2.05. The SMILES string of the molecule is Cc1cc(OCc2nc(-c3c(C)n(C)c(=O)[nH]c3=O)no2)ccc1Cl. The minimum Gasteiger partial charge on any atom is -0.484 e. The fourth-order valence-electron chi connectivity index (χ4n) is 2.26. The maximum Gasteiger partial charge on any atom is 0.328 e. The number of rotatable bonds is 4. The molecule has 130 valence electrons. The lowest BCUT2D eigenvalue weighted by atomic mass is 10.2. The first-order valence-corrected chi connectivity index (χ1v) is 7.76. The highest BCUT2D eigenvalue weighted by atomic mass is 35.5. The van der Waals surface area contributed by atoms with Crippen molar-refractivity contribution >= 4 is 11.6 Å². The average molecular weight is 363 g/mol. The number of hydrogen-bond acceptors (Lipinski definition) is 6. The van der Waals surface area contributed by atoms with Gasteiger partial charge >= 0.3 is 5.69 Å². The van der Waals surface area contributed by atoms with Crippen molar-refractivity contribution < 1.29 is 9.26 Å². The Morgan fingerprint density at radius 2 is 2.08 bits per heavy atom. The molecule has 0 radical (unpaired) electrons. The van der Waals surface area contributed by atoms with Crippen LogP contribution in [0.1, 0.15) is 17.1 Å². The molecule has 1 aromatic carbocycles. The molecule has 0 amide bonds. The number of aryl methyl sites for hydroxylation is 1. The Balaban J connectivity index is 1.84. The Labute approximate surface area is 147 Å². The fourth-order valence-corrected chi connectivity index (χ4v) is 2.38. The molecule has 3 aromatic rings. The number of benzene rings is 1. The highest BCUT2D eigenvalue weighted by Crippen LogP contribution is 2.22. The normalized spacial score (nSPS) is 10.9. The van der Waals surface area contributed by atoms with Crippen molar-refractivity contribution in [3.8, 4) is 17.1 Å². The standard InChI is InChI=1S/C16H15ClN4O4/c1-8-6-10(4-5-11(8)17)24-7-12-18-14(20-25-12)13-9(2)21(3)16(23)19-15(13)22/h4-6H,7H2,1-3H3,(H,19,22,23). The van der Waals surface area contributed by atoms with Crippen LogP contribution in [0.15, 0.2) is 32.3 Å². The van der Waals surface area contributed by atoms with Gasteiger partial charge in [0.1, 0.15) is 11.3 Å². The van der Waals surface area contributed by atoms with E-state index in [1.807, 2.05) is 6.92 Å². The zero-order chi connectivity index (χ0) is 18.1. The number of halogens is 1. The Kier molecular flexibility index (Phi) is 4.45. The lowest BCUT2D eigenvalue weighted by molar-refractivity contribution is 0.243. The van der Waals surface area contributed by atoms with Gasteiger partial charge in [-0.3, -0.25) is 9.78 Å². The summed E-state index contributed by atoms with van der Waals surface area (Å²) in [7, 11) is 1.55. The molecule has 25 heavy (non-hydrogen) atoms. The molecule has 0 saturated carbocycles. The number of ether oxygens (including phenoxy) is 1. The fraction of sp³-hybridized carbons (Fsp3) is 0.250. The molecule has 0 spiro atoms. The summed E-state index contributed by atoms with van der Waals surface area (Å²) in [5.41, 5.74) is 0.436. The molecule has 9 heteroatoms. The summed E-state index contributed by atoms with van der Waals surface area (Å²) in [5, 5.41) is 4.45. The van der Waals surface area contributed by atoms with Crippen LogP contribution in [0.25, 0.3) is 11.4 Å². The summed E-state index contributed by atoms with van der Waals surface area (Å²) in [5.74, 6) is 0.910. The molecule has 0 saturated heterocycles. The maximum atomic E-state index is 12.0. The molecule has 0 bridgehead atoms. The van der Waals surface area contributed by atoms with Crippen LogP contribution >= 0.6 is 11.6 Å². The van der Waals surface area contributed by atoms with Gasteiger partial charge in [-0.15, -0.1) is 0 Å². The summed E-state index contributed by atoms with van der Waals surface area (Å²) in [4.78, 5) is 30.0. The average Bonchev–Trinajstić information content (AvgIpc) is 3.02.